The third kappa shape index (κ3) is 4.94. The Hall–Kier alpha value is -0.0900. The van der Waals surface area contributed by atoms with E-state index in [0.29, 0.717) is 0 Å². The molecule has 0 aromatic heterocycles. The van der Waals surface area contributed by atoms with Gasteiger partial charge in [-0.05, 0) is 54.8 Å². The molecule has 2 rings (SSSR count). The summed E-state index contributed by atoms with van der Waals surface area (Å²) < 4.78 is 8.60. The van der Waals surface area contributed by atoms with Gasteiger partial charge in [0.15, 0.2) is 17.1 Å². The van der Waals surface area contributed by atoms with Gasteiger partial charge in [0.1, 0.15) is 26.9 Å². The lowest BCUT2D eigenvalue weighted by Gasteiger charge is -2.14. The van der Waals surface area contributed by atoms with Crippen molar-refractivity contribution in [2.45, 2.75) is 0 Å². The van der Waals surface area contributed by atoms with Crippen LogP contribution >= 0.6 is 32.7 Å². The Kier molecular flexibility index (Phi) is 7.40. The lowest BCUT2D eigenvalue weighted by atomic mass is 10.3. The van der Waals surface area contributed by atoms with Gasteiger partial charge in [0.2, 0.25) is 0 Å². The molecule has 0 N–H and O–H groups in total. The lowest BCUT2D eigenvalue weighted by Crippen LogP contribution is -2.00. The van der Waals surface area contributed by atoms with E-state index in [9.17, 15) is 0 Å². The van der Waals surface area contributed by atoms with Crippen LogP contribution in [0.4, 0.5) is 0 Å². The maximum absolute atomic E-state index is 6.00. The molecule has 122 valence electrons. The number of benzene rings is 2. The molecule has 2 aromatic rings. The van der Waals surface area contributed by atoms with Crippen molar-refractivity contribution in [1.82, 2.24) is 0 Å². The molecule has 8 heteroatoms. The van der Waals surface area contributed by atoms with Gasteiger partial charge in [-0.15, -0.1) is 11.4 Å². The molecule has 2 aromatic carbocycles. The number of methoxy groups -OCH3 is 2. The molecule has 2 atom stereocenters. The van der Waals surface area contributed by atoms with E-state index in [1.165, 1.54) is 5.30 Å². The number of hydrogen-bond acceptors (Lipinski definition) is 6. The van der Waals surface area contributed by atoms with Gasteiger partial charge in [-0.1, -0.05) is 11.8 Å². The Morgan fingerprint density at radius 1 is 0.913 bits per heavy atom. The van der Waals surface area contributed by atoms with Crippen LogP contribution in [-0.2, 0) is 23.6 Å². The van der Waals surface area contributed by atoms with E-state index in [1.54, 1.807) is 36.6 Å². The van der Waals surface area contributed by atoms with Crippen molar-refractivity contribution in [3.05, 3.63) is 48.5 Å². The van der Waals surface area contributed by atoms with Crippen LogP contribution in [-0.4, -0.2) is 20.5 Å². The summed E-state index contributed by atoms with van der Waals surface area (Å²) in [5.74, 6) is 0.905. The molecule has 2 unspecified atom stereocenters. The van der Waals surface area contributed by atoms with Crippen molar-refractivity contribution in [3.63, 3.8) is 0 Å². The Bertz CT molecular complexity index is 717. The lowest BCUT2D eigenvalue weighted by molar-refractivity contribution is 0.415. The van der Waals surface area contributed by atoms with E-state index in [0.717, 1.165) is 16.8 Å². The van der Waals surface area contributed by atoms with E-state index < -0.39 is 10.3 Å². The number of hydrogen-bond donors (Lipinski definition) is 0. The predicted molar refractivity (Wildman–Crippen MR) is 115 cm³/mol. The van der Waals surface area contributed by atoms with Crippen LogP contribution in [0.5, 0.6) is 11.5 Å². The fourth-order valence-electron chi connectivity index (χ4n) is 1.80. The zero-order chi connectivity index (χ0) is 16.9. The van der Waals surface area contributed by atoms with Gasteiger partial charge < -0.3 is 9.47 Å². The first-order valence-corrected chi connectivity index (χ1v) is 15.6. The van der Waals surface area contributed by atoms with Crippen LogP contribution in [0.25, 0.3) is 0 Å². The van der Waals surface area contributed by atoms with Crippen molar-refractivity contribution in [2.24, 2.45) is 0 Å². The molecule has 0 amide bonds. The first kappa shape index (κ1) is 19.2. The molecule has 0 aliphatic rings. The van der Waals surface area contributed by atoms with Crippen LogP contribution in [0.15, 0.2) is 48.5 Å². The second kappa shape index (κ2) is 8.84. The van der Waals surface area contributed by atoms with Gasteiger partial charge >= 0.3 is 0 Å². The van der Waals surface area contributed by atoms with Crippen LogP contribution in [0.1, 0.15) is 0 Å². The highest BCUT2D eigenvalue weighted by Crippen LogP contribution is 2.74. The summed E-state index contributed by atoms with van der Waals surface area (Å²) in [5.41, 5.74) is 0. The summed E-state index contributed by atoms with van der Waals surface area (Å²) in [6, 6.07) is 16.0. The van der Waals surface area contributed by atoms with Crippen molar-refractivity contribution >= 4 is 66.9 Å². The molecule has 0 bridgehead atoms. The molecule has 0 saturated carbocycles. The molecular weight excluding hydrogens is 402 g/mol. The minimum Gasteiger partial charge on any atom is -0.497 e. The van der Waals surface area contributed by atoms with Gasteiger partial charge in [-0.25, -0.2) is 0 Å². The monoisotopic (exact) mass is 419 g/mol. The average molecular weight is 420 g/mol. The van der Waals surface area contributed by atoms with Crippen molar-refractivity contribution in [3.8, 4) is 11.5 Å². The topological polar surface area (TPSA) is 18.5 Å². The maximum Gasteiger partial charge on any atom is 0.289 e. The van der Waals surface area contributed by atoms with Crippen LogP contribution < -0.4 is 20.1 Å². The number of rotatable bonds is 7. The zero-order valence-corrected chi connectivity index (χ0v) is 18.0. The fraction of sp³-hybridized carbons (Fsp3) is 0.200. The van der Waals surface area contributed by atoms with Crippen molar-refractivity contribution in [1.29, 1.82) is 0 Å². The first-order chi connectivity index (χ1) is 11.0. The quantitative estimate of drug-likeness (QED) is 0.589. The van der Waals surface area contributed by atoms with Gasteiger partial charge in [0, 0.05) is 5.30 Å². The standard InChI is InChI=1S/C15H17O2P2S4/c1-16-12-4-8-14(9-5-12)18(20)23-19(21,22-3)15-10-6-13(17-2)7-11-15/h4-11H,1-3H3/q+1. The van der Waals surface area contributed by atoms with E-state index in [4.69, 9.17) is 33.1 Å². The first-order valence-electron chi connectivity index (χ1n) is 6.64. The smallest absolute Gasteiger partial charge is 0.289 e. The Labute approximate surface area is 156 Å². The van der Waals surface area contributed by atoms with Crippen molar-refractivity contribution in [2.75, 3.05) is 20.5 Å². The third-order valence-electron chi connectivity index (χ3n) is 3.09. The Morgan fingerprint density at radius 3 is 1.83 bits per heavy atom. The highest BCUT2D eigenvalue weighted by atomic mass is 33.4. The Morgan fingerprint density at radius 2 is 1.39 bits per heavy atom. The number of ether oxygens (including phenoxy) is 2. The summed E-state index contributed by atoms with van der Waals surface area (Å²) in [7, 11) is 3.33. The normalized spacial score (nSPS) is 14.0. The largest absolute Gasteiger partial charge is 0.497 e. The van der Waals surface area contributed by atoms with Gasteiger partial charge in [-0.2, -0.15) is 0 Å². The predicted octanol–water partition coefficient (Wildman–Crippen LogP) is 4.92. The summed E-state index contributed by atoms with van der Waals surface area (Å²) in [6.07, 6.45) is 2.07. The third-order valence-corrected chi connectivity index (χ3v) is 22.6. The summed E-state index contributed by atoms with van der Waals surface area (Å²) in [6.45, 7) is 0. The maximum atomic E-state index is 6.00. The van der Waals surface area contributed by atoms with Crippen molar-refractivity contribution < 1.29 is 9.47 Å². The molecule has 0 saturated heterocycles. The minimum atomic E-state index is -1.82. The second-order valence-corrected chi connectivity index (χ2v) is 20.4. The molecule has 0 radical (unpaired) electrons. The summed E-state index contributed by atoms with van der Waals surface area (Å²) in [4.78, 5) is 0. The molecule has 2 nitrogen and oxygen atoms in total. The SMILES string of the molecule is COc1ccc([P+](=S)SP(=S)(SC)c2ccc(OC)cc2)cc1. The second-order valence-electron chi connectivity index (χ2n) is 4.41. The zero-order valence-electron chi connectivity index (χ0n) is 13.0. The van der Waals surface area contributed by atoms with E-state index in [2.05, 4.69) is 18.4 Å². The summed E-state index contributed by atoms with van der Waals surface area (Å²) in [5, 5.41) is 2.33. The van der Waals surface area contributed by atoms with Gasteiger partial charge in [0.05, 0.1) is 14.2 Å². The highest BCUT2D eigenvalue weighted by Gasteiger charge is 2.31. The van der Waals surface area contributed by atoms with Crippen LogP contribution in [0.2, 0.25) is 0 Å². The van der Waals surface area contributed by atoms with E-state index >= 15 is 0 Å². The molecule has 0 heterocycles. The van der Waals surface area contributed by atoms with Crippen LogP contribution in [0.3, 0.4) is 0 Å². The molecule has 0 spiro atoms. The molecule has 0 aliphatic carbocycles. The molecule has 23 heavy (non-hydrogen) atoms. The van der Waals surface area contributed by atoms with E-state index in [1.807, 2.05) is 36.4 Å². The summed E-state index contributed by atoms with van der Waals surface area (Å²) >= 11 is 15.3. The highest BCUT2D eigenvalue weighted by molar-refractivity contribution is 9.15. The van der Waals surface area contributed by atoms with Gasteiger partial charge in [-0.3, -0.25) is 0 Å². The molecule has 0 aliphatic heterocycles. The molecular formula is C15H17O2P2S4+. The van der Waals surface area contributed by atoms with E-state index in [-0.39, 0.29) is 0 Å². The van der Waals surface area contributed by atoms with Gasteiger partial charge in [0.25, 0.3) is 5.90 Å². The fourth-order valence-corrected chi connectivity index (χ4v) is 21.6. The van der Waals surface area contributed by atoms with Crippen LogP contribution in [0, 0.1) is 0 Å². The Balaban J connectivity index is 2.21. The molecule has 0 fully saturated rings. The average Bonchev–Trinajstić information content (AvgIpc) is 2.61. The minimum absolute atomic E-state index is 0.784.